The predicted octanol–water partition coefficient (Wildman–Crippen LogP) is 2.56. The Bertz CT molecular complexity index is 883. The first-order valence-electron chi connectivity index (χ1n) is 6.23. The van der Waals surface area contributed by atoms with Crippen LogP contribution in [0.1, 0.15) is 5.56 Å². The smallest absolute Gasteiger partial charge is 0.271 e. The van der Waals surface area contributed by atoms with Gasteiger partial charge in [0.15, 0.2) is 0 Å². The average Bonchev–Trinajstić information content (AvgIpc) is 2.97. The number of hydrogen-bond donors (Lipinski definition) is 2. The number of sulfonamides is 1. The standard InChI is InChI=1S/C14H13N3O2S2/c15-7-10-6-14(20-9-10)21(18,19)17-13-3-1-2-11-8-16-5-4-12(11)13/h1-6,8-9,17H,7,15H2. The highest BCUT2D eigenvalue weighted by molar-refractivity contribution is 7.94. The molecule has 0 fully saturated rings. The Morgan fingerprint density at radius 1 is 1.29 bits per heavy atom. The Morgan fingerprint density at radius 3 is 2.90 bits per heavy atom. The van der Waals surface area contributed by atoms with Crippen LogP contribution in [-0.4, -0.2) is 13.4 Å². The second kappa shape index (κ2) is 5.44. The summed E-state index contributed by atoms with van der Waals surface area (Å²) in [5, 5.41) is 3.44. The van der Waals surface area contributed by atoms with Gasteiger partial charge in [-0.15, -0.1) is 11.3 Å². The third kappa shape index (κ3) is 2.76. The second-order valence-electron chi connectivity index (χ2n) is 4.49. The van der Waals surface area contributed by atoms with Crippen molar-refractivity contribution in [2.45, 2.75) is 10.8 Å². The van der Waals surface area contributed by atoms with E-state index in [1.165, 1.54) is 0 Å². The fourth-order valence-electron chi connectivity index (χ4n) is 2.01. The van der Waals surface area contributed by atoms with E-state index in [4.69, 9.17) is 5.73 Å². The minimum atomic E-state index is -3.60. The lowest BCUT2D eigenvalue weighted by molar-refractivity contribution is 0.603. The van der Waals surface area contributed by atoms with Gasteiger partial charge in [-0.3, -0.25) is 9.71 Å². The number of thiophene rings is 1. The Hall–Kier alpha value is -1.96. The average molecular weight is 319 g/mol. The molecule has 0 aliphatic rings. The molecule has 0 aliphatic carbocycles. The van der Waals surface area contributed by atoms with Gasteiger partial charge in [0, 0.05) is 29.7 Å². The van der Waals surface area contributed by atoms with Gasteiger partial charge in [0.05, 0.1) is 5.69 Å². The van der Waals surface area contributed by atoms with E-state index in [1.807, 2.05) is 6.07 Å². The summed E-state index contributed by atoms with van der Waals surface area (Å²) in [6.07, 6.45) is 3.34. The Morgan fingerprint density at radius 2 is 2.14 bits per heavy atom. The lowest BCUT2D eigenvalue weighted by atomic mass is 10.1. The third-order valence-electron chi connectivity index (χ3n) is 3.06. The number of pyridine rings is 1. The van der Waals surface area contributed by atoms with Gasteiger partial charge in [-0.25, -0.2) is 8.42 Å². The molecule has 5 nitrogen and oxygen atoms in total. The summed E-state index contributed by atoms with van der Waals surface area (Å²) in [6.45, 7) is 0.325. The van der Waals surface area contributed by atoms with Crippen LogP contribution in [0.25, 0.3) is 10.8 Å². The van der Waals surface area contributed by atoms with Crippen molar-refractivity contribution in [3.05, 3.63) is 53.7 Å². The molecule has 0 atom stereocenters. The molecular formula is C14H13N3O2S2. The number of benzene rings is 1. The Labute approximate surface area is 126 Å². The Balaban J connectivity index is 2.01. The predicted molar refractivity (Wildman–Crippen MR) is 84.8 cm³/mol. The molecule has 0 amide bonds. The van der Waals surface area contributed by atoms with E-state index in [2.05, 4.69) is 9.71 Å². The molecule has 7 heteroatoms. The summed E-state index contributed by atoms with van der Waals surface area (Å²) < 4.78 is 27.7. The number of fused-ring (bicyclic) bond motifs is 1. The van der Waals surface area contributed by atoms with E-state index in [0.717, 1.165) is 27.7 Å². The van der Waals surface area contributed by atoms with E-state index >= 15 is 0 Å². The van der Waals surface area contributed by atoms with Crippen LogP contribution in [0.3, 0.4) is 0 Å². The summed E-state index contributed by atoms with van der Waals surface area (Å²) in [5.74, 6) is 0. The van der Waals surface area contributed by atoms with Gasteiger partial charge < -0.3 is 5.73 Å². The number of rotatable bonds is 4. The van der Waals surface area contributed by atoms with Gasteiger partial charge in [0.1, 0.15) is 4.21 Å². The van der Waals surface area contributed by atoms with Crippen LogP contribution in [0.15, 0.2) is 52.3 Å². The first kappa shape index (κ1) is 14.0. The molecule has 0 saturated heterocycles. The maximum absolute atomic E-state index is 12.4. The zero-order chi connectivity index (χ0) is 14.9. The number of aromatic nitrogens is 1. The van der Waals surface area contributed by atoms with Crippen molar-refractivity contribution < 1.29 is 8.42 Å². The zero-order valence-electron chi connectivity index (χ0n) is 11.0. The molecule has 0 aliphatic heterocycles. The Kier molecular flexibility index (Phi) is 3.62. The van der Waals surface area contributed by atoms with Crippen LogP contribution < -0.4 is 10.5 Å². The van der Waals surface area contributed by atoms with E-state index in [9.17, 15) is 8.42 Å². The monoisotopic (exact) mass is 319 g/mol. The first-order chi connectivity index (χ1) is 10.1. The second-order valence-corrected chi connectivity index (χ2v) is 7.31. The largest absolute Gasteiger partial charge is 0.326 e. The lowest BCUT2D eigenvalue weighted by Crippen LogP contribution is -2.11. The van der Waals surface area contributed by atoms with E-state index in [-0.39, 0.29) is 4.21 Å². The molecule has 0 unspecified atom stereocenters. The summed E-state index contributed by atoms with van der Waals surface area (Å²) in [7, 11) is -3.60. The van der Waals surface area contributed by atoms with E-state index < -0.39 is 10.0 Å². The van der Waals surface area contributed by atoms with Crippen molar-refractivity contribution in [3.8, 4) is 0 Å². The van der Waals surface area contributed by atoms with Crippen LogP contribution in [0.4, 0.5) is 5.69 Å². The van der Waals surface area contributed by atoms with Gasteiger partial charge in [0.2, 0.25) is 0 Å². The van der Waals surface area contributed by atoms with Crippen LogP contribution >= 0.6 is 11.3 Å². The molecule has 108 valence electrons. The molecule has 0 radical (unpaired) electrons. The van der Waals surface area contributed by atoms with Gasteiger partial charge in [-0.2, -0.15) is 0 Å². The van der Waals surface area contributed by atoms with Crippen molar-refractivity contribution in [2.75, 3.05) is 4.72 Å². The van der Waals surface area contributed by atoms with E-state index in [1.54, 1.807) is 42.0 Å². The number of nitrogens with zero attached hydrogens (tertiary/aromatic N) is 1. The molecule has 0 saturated carbocycles. The summed E-state index contributed by atoms with van der Waals surface area (Å²) in [6, 6.07) is 8.79. The molecule has 3 N–H and O–H groups in total. The van der Waals surface area contributed by atoms with Crippen LogP contribution in [-0.2, 0) is 16.6 Å². The van der Waals surface area contributed by atoms with Crippen LogP contribution in [0.2, 0.25) is 0 Å². The minimum Gasteiger partial charge on any atom is -0.326 e. The van der Waals surface area contributed by atoms with E-state index in [0.29, 0.717) is 12.2 Å². The molecule has 0 spiro atoms. The SMILES string of the molecule is NCc1csc(S(=O)(=O)Nc2cccc3cnccc23)c1. The van der Waals surface area contributed by atoms with Crippen molar-refractivity contribution in [2.24, 2.45) is 5.73 Å². The fourth-order valence-corrected chi connectivity index (χ4v) is 4.31. The topological polar surface area (TPSA) is 85.1 Å². The maximum Gasteiger partial charge on any atom is 0.271 e. The number of nitrogens with two attached hydrogens (primary N) is 1. The number of hydrogen-bond acceptors (Lipinski definition) is 5. The molecule has 3 rings (SSSR count). The lowest BCUT2D eigenvalue weighted by Gasteiger charge is -2.09. The summed E-state index contributed by atoms with van der Waals surface area (Å²) in [4.78, 5) is 4.03. The zero-order valence-corrected chi connectivity index (χ0v) is 12.6. The van der Waals surface area contributed by atoms with Crippen molar-refractivity contribution in [1.29, 1.82) is 0 Å². The molecule has 21 heavy (non-hydrogen) atoms. The van der Waals surface area contributed by atoms with Gasteiger partial charge in [0.25, 0.3) is 10.0 Å². The minimum absolute atomic E-state index is 0.258. The summed E-state index contributed by atoms with van der Waals surface area (Å²) in [5.41, 5.74) is 6.87. The highest BCUT2D eigenvalue weighted by Crippen LogP contribution is 2.27. The van der Waals surface area contributed by atoms with Gasteiger partial charge >= 0.3 is 0 Å². The third-order valence-corrected chi connectivity index (χ3v) is 5.91. The molecule has 2 heterocycles. The fraction of sp³-hybridized carbons (Fsp3) is 0.0714. The quantitative estimate of drug-likeness (QED) is 0.774. The van der Waals surface area contributed by atoms with Gasteiger partial charge in [-0.05, 0) is 29.1 Å². The molecule has 3 aromatic rings. The highest BCUT2D eigenvalue weighted by Gasteiger charge is 2.17. The highest BCUT2D eigenvalue weighted by atomic mass is 32.2. The normalized spacial score (nSPS) is 11.7. The molecule has 1 aromatic carbocycles. The van der Waals surface area contributed by atoms with Crippen LogP contribution in [0, 0.1) is 0 Å². The number of nitrogens with one attached hydrogen (secondary N) is 1. The summed E-state index contributed by atoms with van der Waals surface area (Å²) >= 11 is 1.16. The van der Waals surface area contributed by atoms with Gasteiger partial charge in [-0.1, -0.05) is 12.1 Å². The molecular weight excluding hydrogens is 306 g/mol. The van der Waals surface area contributed by atoms with Crippen molar-refractivity contribution in [1.82, 2.24) is 4.98 Å². The van der Waals surface area contributed by atoms with Crippen molar-refractivity contribution >= 4 is 37.8 Å². The molecule has 0 bridgehead atoms. The molecule has 2 aromatic heterocycles. The van der Waals surface area contributed by atoms with Crippen LogP contribution in [0.5, 0.6) is 0 Å². The first-order valence-corrected chi connectivity index (χ1v) is 8.59. The maximum atomic E-state index is 12.4. The number of anilines is 1. The van der Waals surface area contributed by atoms with Crippen molar-refractivity contribution in [3.63, 3.8) is 0 Å².